The number of carbonyl (C=O) groups excluding carboxylic acids is 2. The predicted octanol–water partition coefficient (Wildman–Crippen LogP) is 2.70. The third-order valence-electron chi connectivity index (χ3n) is 3.10. The van der Waals surface area contributed by atoms with Crippen molar-refractivity contribution in [3.05, 3.63) is 59.7 Å². The SMILES string of the molecule is CC(C)Oc1cccc(C(=O)NC(=S)Nc2cccc(C(N)=O)c2)c1. The number of primary amides is 1. The molecule has 0 aromatic heterocycles. The quantitative estimate of drug-likeness (QED) is 0.716. The molecule has 0 spiro atoms. The zero-order valence-corrected chi connectivity index (χ0v) is 14.7. The number of amides is 2. The highest BCUT2D eigenvalue weighted by Crippen LogP contribution is 2.15. The highest BCUT2D eigenvalue weighted by Gasteiger charge is 2.10. The van der Waals surface area contributed by atoms with E-state index in [1.165, 1.54) is 0 Å². The van der Waals surface area contributed by atoms with E-state index >= 15 is 0 Å². The molecule has 0 aliphatic carbocycles. The minimum atomic E-state index is -0.541. The Balaban J connectivity index is 2.02. The molecular weight excluding hydrogens is 338 g/mol. The third-order valence-corrected chi connectivity index (χ3v) is 3.30. The molecular formula is C18H19N3O3S. The number of nitrogens with one attached hydrogen (secondary N) is 2. The second kappa shape index (κ2) is 8.25. The number of carbonyl (C=O) groups is 2. The Kier molecular flexibility index (Phi) is 6.08. The van der Waals surface area contributed by atoms with Crippen LogP contribution in [0.1, 0.15) is 34.6 Å². The second-order valence-corrected chi connectivity index (χ2v) is 5.96. The maximum absolute atomic E-state index is 12.3. The van der Waals surface area contributed by atoms with E-state index in [0.29, 0.717) is 22.6 Å². The summed E-state index contributed by atoms with van der Waals surface area (Å²) in [4.78, 5) is 23.5. The zero-order valence-electron chi connectivity index (χ0n) is 13.9. The Morgan fingerprint density at radius 3 is 2.44 bits per heavy atom. The topological polar surface area (TPSA) is 93.4 Å². The van der Waals surface area contributed by atoms with E-state index in [0.717, 1.165) is 0 Å². The molecule has 0 atom stereocenters. The largest absolute Gasteiger partial charge is 0.491 e. The predicted molar refractivity (Wildman–Crippen MR) is 101 cm³/mol. The highest BCUT2D eigenvalue weighted by molar-refractivity contribution is 7.80. The maximum Gasteiger partial charge on any atom is 0.257 e. The van der Waals surface area contributed by atoms with Gasteiger partial charge in [-0.05, 0) is 62.5 Å². The molecule has 7 heteroatoms. The molecule has 6 nitrogen and oxygen atoms in total. The van der Waals surface area contributed by atoms with Gasteiger partial charge in [-0.1, -0.05) is 12.1 Å². The molecule has 0 aliphatic rings. The van der Waals surface area contributed by atoms with E-state index in [4.69, 9.17) is 22.7 Å². The number of ether oxygens (including phenoxy) is 1. The molecule has 130 valence electrons. The van der Waals surface area contributed by atoms with Gasteiger partial charge in [-0.3, -0.25) is 14.9 Å². The van der Waals surface area contributed by atoms with Gasteiger partial charge in [0.25, 0.3) is 5.91 Å². The number of rotatable bonds is 5. The minimum Gasteiger partial charge on any atom is -0.491 e. The summed E-state index contributed by atoms with van der Waals surface area (Å²) >= 11 is 5.13. The fraction of sp³-hybridized carbons (Fsp3) is 0.167. The van der Waals surface area contributed by atoms with Crippen LogP contribution in [0, 0.1) is 0 Å². The van der Waals surface area contributed by atoms with Gasteiger partial charge < -0.3 is 15.8 Å². The maximum atomic E-state index is 12.3. The van der Waals surface area contributed by atoms with Crippen molar-refractivity contribution >= 4 is 34.8 Å². The van der Waals surface area contributed by atoms with Crippen LogP contribution in [0.4, 0.5) is 5.69 Å². The first kappa shape index (κ1) is 18.4. The first-order chi connectivity index (χ1) is 11.8. The average Bonchev–Trinajstić information content (AvgIpc) is 2.54. The van der Waals surface area contributed by atoms with Crippen LogP contribution in [0.2, 0.25) is 0 Å². The molecule has 0 bridgehead atoms. The lowest BCUT2D eigenvalue weighted by Crippen LogP contribution is -2.34. The van der Waals surface area contributed by atoms with Crippen LogP contribution < -0.4 is 21.1 Å². The van der Waals surface area contributed by atoms with Crippen LogP contribution in [0.15, 0.2) is 48.5 Å². The molecule has 0 fully saturated rings. The van der Waals surface area contributed by atoms with Crippen molar-refractivity contribution in [3.63, 3.8) is 0 Å². The number of anilines is 1. The van der Waals surface area contributed by atoms with Gasteiger partial charge in [0.1, 0.15) is 5.75 Å². The molecule has 0 aliphatic heterocycles. The number of hydrogen-bond acceptors (Lipinski definition) is 4. The van der Waals surface area contributed by atoms with Gasteiger partial charge in [0, 0.05) is 16.8 Å². The monoisotopic (exact) mass is 357 g/mol. The summed E-state index contributed by atoms with van der Waals surface area (Å²) in [5, 5.41) is 5.54. The standard InChI is InChI=1S/C18H19N3O3S/c1-11(2)24-15-8-4-6-13(10-15)17(23)21-18(25)20-14-7-3-5-12(9-14)16(19)22/h3-11H,1-2H3,(H2,19,22)(H2,20,21,23,25). The average molecular weight is 357 g/mol. The summed E-state index contributed by atoms with van der Waals surface area (Å²) in [5.74, 6) is -0.297. The summed E-state index contributed by atoms with van der Waals surface area (Å²) in [6, 6.07) is 13.3. The van der Waals surface area contributed by atoms with Gasteiger partial charge >= 0.3 is 0 Å². The summed E-state index contributed by atoms with van der Waals surface area (Å²) in [7, 11) is 0. The number of nitrogens with two attached hydrogens (primary N) is 1. The molecule has 2 rings (SSSR count). The van der Waals surface area contributed by atoms with E-state index in [-0.39, 0.29) is 17.1 Å². The van der Waals surface area contributed by atoms with Crippen LogP contribution in [0.25, 0.3) is 0 Å². The van der Waals surface area contributed by atoms with Crippen molar-refractivity contribution in [2.45, 2.75) is 20.0 Å². The van der Waals surface area contributed by atoms with Gasteiger partial charge in [-0.25, -0.2) is 0 Å². The van der Waals surface area contributed by atoms with E-state index < -0.39 is 5.91 Å². The van der Waals surface area contributed by atoms with E-state index in [1.807, 2.05) is 13.8 Å². The summed E-state index contributed by atoms with van der Waals surface area (Å²) in [5.41, 5.74) is 6.56. The molecule has 0 radical (unpaired) electrons. The molecule has 2 aromatic carbocycles. The normalized spacial score (nSPS) is 10.2. The Labute approximate surface area is 151 Å². The smallest absolute Gasteiger partial charge is 0.257 e. The second-order valence-electron chi connectivity index (χ2n) is 5.55. The molecule has 2 amide bonds. The lowest BCUT2D eigenvalue weighted by molar-refractivity contribution is 0.0974. The van der Waals surface area contributed by atoms with Crippen LogP contribution >= 0.6 is 12.2 Å². The highest BCUT2D eigenvalue weighted by atomic mass is 32.1. The molecule has 25 heavy (non-hydrogen) atoms. The molecule has 0 saturated carbocycles. The van der Waals surface area contributed by atoms with Crippen LogP contribution in [0.3, 0.4) is 0 Å². The molecule has 0 heterocycles. The van der Waals surface area contributed by atoms with Crippen LogP contribution in [-0.2, 0) is 0 Å². The van der Waals surface area contributed by atoms with E-state index in [1.54, 1.807) is 48.5 Å². The van der Waals surface area contributed by atoms with Crippen molar-refractivity contribution < 1.29 is 14.3 Å². The van der Waals surface area contributed by atoms with Gasteiger partial charge in [0.05, 0.1) is 6.10 Å². The van der Waals surface area contributed by atoms with Crippen molar-refractivity contribution in [1.82, 2.24) is 5.32 Å². The van der Waals surface area contributed by atoms with Gasteiger partial charge in [0.2, 0.25) is 5.91 Å². The van der Waals surface area contributed by atoms with Crippen molar-refractivity contribution in [2.24, 2.45) is 5.73 Å². The lowest BCUT2D eigenvalue weighted by Gasteiger charge is -2.12. The fourth-order valence-corrected chi connectivity index (χ4v) is 2.28. The summed E-state index contributed by atoms with van der Waals surface area (Å²) in [6.07, 6.45) is 0.0126. The van der Waals surface area contributed by atoms with Gasteiger partial charge in [-0.15, -0.1) is 0 Å². The third kappa shape index (κ3) is 5.58. The van der Waals surface area contributed by atoms with Crippen molar-refractivity contribution in [3.8, 4) is 5.75 Å². The summed E-state index contributed by atoms with van der Waals surface area (Å²) < 4.78 is 5.57. The first-order valence-corrected chi connectivity index (χ1v) is 8.05. The molecule has 0 saturated heterocycles. The first-order valence-electron chi connectivity index (χ1n) is 7.64. The van der Waals surface area contributed by atoms with Crippen molar-refractivity contribution in [1.29, 1.82) is 0 Å². The van der Waals surface area contributed by atoms with Crippen LogP contribution in [0.5, 0.6) is 5.75 Å². The number of benzene rings is 2. The van der Waals surface area contributed by atoms with Gasteiger partial charge in [-0.2, -0.15) is 0 Å². The summed E-state index contributed by atoms with van der Waals surface area (Å²) in [6.45, 7) is 3.82. The molecule has 4 N–H and O–H groups in total. The number of thiocarbonyl (C=S) groups is 1. The van der Waals surface area contributed by atoms with Crippen LogP contribution in [-0.4, -0.2) is 23.0 Å². The Morgan fingerprint density at radius 2 is 1.76 bits per heavy atom. The van der Waals surface area contributed by atoms with E-state index in [2.05, 4.69) is 10.6 Å². The Hall–Kier alpha value is -2.93. The molecule has 0 unspecified atom stereocenters. The Bertz CT molecular complexity index is 806. The zero-order chi connectivity index (χ0) is 18.4. The molecule has 2 aromatic rings. The minimum absolute atomic E-state index is 0.0126. The lowest BCUT2D eigenvalue weighted by atomic mass is 10.2. The van der Waals surface area contributed by atoms with E-state index in [9.17, 15) is 9.59 Å². The Morgan fingerprint density at radius 1 is 1.08 bits per heavy atom. The van der Waals surface area contributed by atoms with Crippen molar-refractivity contribution in [2.75, 3.05) is 5.32 Å². The number of hydrogen-bond donors (Lipinski definition) is 3. The fourth-order valence-electron chi connectivity index (χ4n) is 2.07. The van der Waals surface area contributed by atoms with Gasteiger partial charge in [0.15, 0.2) is 5.11 Å².